The summed E-state index contributed by atoms with van der Waals surface area (Å²) < 4.78 is 15.8. The second-order valence-corrected chi connectivity index (χ2v) is 7.69. The summed E-state index contributed by atoms with van der Waals surface area (Å²) >= 11 is 0. The number of aryl methyl sites for hydroxylation is 1. The van der Waals surface area contributed by atoms with Crippen LogP contribution in [0.3, 0.4) is 0 Å². The zero-order valence-corrected chi connectivity index (χ0v) is 15.8. The molecule has 2 aromatic heterocycles. The van der Waals surface area contributed by atoms with Gasteiger partial charge >= 0.3 is 5.56 Å². The van der Waals surface area contributed by atoms with E-state index >= 15 is 0 Å². The normalized spacial score (nSPS) is 12.4. The Hall–Kier alpha value is -3.06. The summed E-state index contributed by atoms with van der Waals surface area (Å²) in [5.41, 5.74) is 3.74. The molecule has 0 spiro atoms. The Morgan fingerprint density at radius 3 is 2.52 bits per heavy atom. The number of fused-ring (bicyclic) bond motifs is 1. The van der Waals surface area contributed by atoms with E-state index < -0.39 is 10.8 Å². The maximum absolute atomic E-state index is 12.9. The highest BCUT2D eigenvalue weighted by Crippen LogP contribution is 2.17. The minimum Gasteiger partial charge on any atom is -0.279 e. The molecular weight excluding hydrogens is 360 g/mol. The van der Waals surface area contributed by atoms with Crippen molar-refractivity contribution in [3.05, 3.63) is 88.0 Å². The van der Waals surface area contributed by atoms with Crippen LogP contribution in [0, 0.1) is 13.8 Å². The largest absolute Gasteiger partial charge is 0.300 e. The summed E-state index contributed by atoms with van der Waals surface area (Å²) in [6, 6.07) is 15.3. The molecule has 6 nitrogen and oxygen atoms in total. The van der Waals surface area contributed by atoms with Gasteiger partial charge in [-0.3, -0.25) is 18.0 Å². The van der Waals surface area contributed by atoms with Gasteiger partial charge in [0.1, 0.15) is 0 Å². The minimum absolute atomic E-state index is 0.162. The molecule has 0 bridgehead atoms. The quantitative estimate of drug-likeness (QED) is 0.548. The van der Waals surface area contributed by atoms with Crippen molar-refractivity contribution in [2.24, 2.45) is 0 Å². The molecule has 0 saturated carbocycles. The summed E-state index contributed by atoms with van der Waals surface area (Å²) in [5, 5.41) is 8.31. The van der Waals surface area contributed by atoms with Crippen molar-refractivity contribution < 1.29 is 4.21 Å². The first-order chi connectivity index (χ1) is 13.1. The molecule has 2 aromatic carbocycles. The number of hydrogen-bond acceptors (Lipinski definition) is 4. The molecule has 0 radical (unpaired) electrons. The number of aromatic nitrogens is 4. The molecule has 0 aliphatic rings. The van der Waals surface area contributed by atoms with Crippen molar-refractivity contribution in [1.29, 1.82) is 0 Å². The van der Waals surface area contributed by atoms with Gasteiger partial charge in [-0.05, 0) is 36.6 Å². The van der Waals surface area contributed by atoms with Crippen LogP contribution < -0.4 is 5.56 Å². The molecule has 7 heteroatoms. The van der Waals surface area contributed by atoms with Crippen molar-refractivity contribution in [1.82, 2.24) is 19.2 Å². The van der Waals surface area contributed by atoms with Crippen LogP contribution in [0.5, 0.6) is 0 Å². The van der Waals surface area contributed by atoms with Crippen molar-refractivity contribution in [2.45, 2.75) is 24.8 Å². The predicted octanol–water partition coefficient (Wildman–Crippen LogP) is 2.80. The Balaban J connectivity index is 1.77. The first kappa shape index (κ1) is 17.4. The molecule has 0 amide bonds. The van der Waals surface area contributed by atoms with Gasteiger partial charge in [-0.15, -0.1) is 10.2 Å². The van der Waals surface area contributed by atoms with Crippen molar-refractivity contribution >= 4 is 16.4 Å². The fourth-order valence-corrected chi connectivity index (χ4v) is 4.12. The third-order valence-corrected chi connectivity index (χ3v) is 5.90. The average Bonchev–Trinajstić information content (AvgIpc) is 3.11. The molecule has 136 valence electrons. The molecular formula is C20H18N4O2S. The summed E-state index contributed by atoms with van der Waals surface area (Å²) in [6.07, 6.45) is 3.36. The van der Waals surface area contributed by atoms with E-state index in [4.69, 9.17) is 0 Å². The maximum Gasteiger partial charge on any atom is 0.300 e. The third-order valence-electron chi connectivity index (χ3n) is 4.62. The van der Waals surface area contributed by atoms with Gasteiger partial charge in [-0.2, -0.15) is 0 Å². The van der Waals surface area contributed by atoms with Gasteiger partial charge in [0, 0.05) is 12.4 Å². The molecule has 0 saturated heterocycles. The molecule has 2 heterocycles. The van der Waals surface area contributed by atoms with Crippen molar-refractivity contribution in [3.63, 3.8) is 0 Å². The van der Waals surface area contributed by atoms with Crippen molar-refractivity contribution in [2.75, 3.05) is 0 Å². The van der Waals surface area contributed by atoms with E-state index in [1.165, 1.54) is 4.40 Å². The molecule has 4 rings (SSSR count). The van der Waals surface area contributed by atoms with E-state index in [-0.39, 0.29) is 16.4 Å². The van der Waals surface area contributed by atoms with Crippen LogP contribution in [-0.2, 0) is 16.6 Å². The van der Waals surface area contributed by atoms with Crippen LogP contribution in [-0.4, -0.2) is 23.4 Å². The molecule has 4 aromatic rings. The van der Waals surface area contributed by atoms with Crippen LogP contribution in [0.25, 0.3) is 11.3 Å². The highest BCUT2D eigenvalue weighted by atomic mass is 32.2. The lowest BCUT2D eigenvalue weighted by molar-refractivity contribution is 0.673. The SMILES string of the molecule is Cc1cccc(-n2ccn3c(S(=O)Cc4ccccc4)nnc3c2=O)c1C. The number of hydrogen-bond donors (Lipinski definition) is 0. The fourth-order valence-electron chi connectivity index (χ4n) is 3.00. The van der Waals surface area contributed by atoms with E-state index in [2.05, 4.69) is 10.2 Å². The summed E-state index contributed by atoms with van der Waals surface area (Å²) in [7, 11) is -1.40. The second kappa shape index (κ2) is 6.92. The van der Waals surface area contributed by atoms with Crippen LogP contribution >= 0.6 is 0 Å². The van der Waals surface area contributed by atoms with Crippen LogP contribution in [0.4, 0.5) is 0 Å². The van der Waals surface area contributed by atoms with Gasteiger partial charge in [0.25, 0.3) is 0 Å². The molecule has 1 unspecified atom stereocenters. The van der Waals surface area contributed by atoms with Gasteiger partial charge in [0.05, 0.1) is 22.2 Å². The monoisotopic (exact) mass is 378 g/mol. The van der Waals surface area contributed by atoms with Gasteiger partial charge in [0.2, 0.25) is 10.8 Å². The van der Waals surface area contributed by atoms with Crippen LogP contribution in [0.1, 0.15) is 16.7 Å². The Morgan fingerprint density at radius 2 is 1.74 bits per heavy atom. The van der Waals surface area contributed by atoms with Gasteiger partial charge in [-0.25, -0.2) is 0 Å². The van der Waals surface area contributed by atoms with Crippen LogP contribution in [0.2, 0.25) is 0 Å². The Labute approximate surface area is 158 Å². The Kier molecular flexibility index (Phi) is 4.45. The first-order valence-corrected chi connectivity index (χ1v) is 9.83. The summed E-state index contributed by atoms with van der Waals surface area (Å²) in [6.45, 7) is 3.98. The zero-order chi connectivity index (χ0) is 19.0. The van der Waals surface area contributed by atoms with Gasteiger partial charge < -0.3 is 0 Å². The molecule has 0 N–H and O–H groups in total. The lowest BCUT2D eigenvalue weighted by Crippen LogP contribution is -2.21. The molecule has 0 aliphatic carbocycles. The van der Waals surface area contributed by atoms with E-state index in [9.17, 15) is 9.00 Å². The zero-order valence-electron chi connectivity index (χ0n) is 15.0. The van der Waals surface area contributed by atoms with E-state index in [1.807, 2.05) is 62.4 Å². The Morgan fingerprint density at radius 1 is 0.963 bits per heavy atom. The van der Waals surface area contributed by atoms with Gasteiger partial charge in [-0.1, -0.05) is 42.5 Å². The predicted molar refractivity (Wildman–Crippen MR) is 105 cm³/mol. The lowest BCUT2D eigenvalue weighted by Gasteiger charge is -2.11. The van der Waals surface area contributed by atoms with Crippen molar-refractivity contribution in [3.8, 4) is 5.69 Å². The topological polar surface area (TPSA) is 69.3 Å². The maximum atomic E-state index is 12.9. The fraction of sp³-hybridized carbons (Fsp3) is 0.150. The van der Waals surface area contributed by atoms with E-state index in [0.29, 0.717) is 5.75 Å². The standard InChI is InChI=1S/C20H18N4O2S/c1-14-7-6-10-17(15(14)2)23-11-12-24-18(19(23)25)21-22-20(24)27(26)13-16-8-4-3-5-9-16/h3-12H,13H2,1-2H3. The van der Waals surface area contributed by atoms with Gasteiger partial charge in [0.15, 0.2) is 0 Å². The molecule has 27 heavy (non-hydrogen) atoms. The molecule has 0 fully saturated rings. The average molecular weight is 378 g/mol. The van der Waals surface area contributed by atoms with Crippen LogP contribution in [0.15, 0.2) is 70.9 Å². The second-order valence-electron chi connectivity index (χ2n) is 6.34. The molecule has 1 atom stereocenters. The number of nitrogens with zero attached hydrogens (tertiary/aromatic N) is 4. The number of benzene rings is 2. The highest BCUT2D eigenvalue weighted by molar-refractivity contribution is 7.84. The van der Waals surface area contributed by atoms with E-state index in [1.54, 1.807) is 17.0 Å². The number of rotatable bonds is 4. The summed E-state index contributed by atoms with van der Waals surface area (Å²) in [4.78, 5) is 12.9. The first-order valence-electron chi connectivity index (χ1n) is 8.51. The highest BCUT2D eigenvalue weighted by Gasteiger charge is 2.17. The third kappa shape index (κ3) is 3.10. The Bertz CT molecular complexity index is 1210. The molecule has 0 aliphatic heterocycles. The minimum atomic E-state index is -1.40. The smallest absolute Gasteiger partial charge is 0.279 e. The van der Waals surface area contributed by atoms with E-state index in [0.717, 1.165) is 22.4 Å². The lowest BCUT2D eigenvalue weighted by atomic mass is 10.1. The summed E-state index contributed by atoms with van der Waals surface area (Å²) in [5.74, 6) is 0.321.